The summed E-state index contributed by atoms with van der Waals surface area (Å²) in [4.78, 5) is 0. The van der Waals surface area contributed by atoms with Gasteiger partial charge in [-0.05, 0) is 36.5 Å². The molecular formula is C11H17N. The van der Waals surface area contributed by atoms with Gasteiger partial charge in [-0.1, -0.05) is 20.8 Å². The van der Waals surface area contributed by atoms with E-state index in [9.17, 15) is 5.26 Å². The quantitative estimate of drug-likeness (QED) is 0.538. The van der Waals surface area contributed by atoms with Crippen LogP contribution in [0.5, 0.6) is 0 Å². The van der Waals surface area contributed by atoms with Crippen LogP contribution in [0.1, 0.15) is 46.5 Å². The fourth-order valence-electron chi connectivity index (χ4n) is 2.54. The molecule has 2 aliphatic carbocycles. The highest BCUT2D eigenvalue weighted by atomic mass is 14.7. The summed E-state index contributed by atoms with van der Waals surface area (Å²) >= 11 is 0. The Kier molecular flexibility index (Phi) is 1.26. The second-order valence-corrected chi connectivity index (χ2v) is 5.80. The van der Waals surface area contributed by atoms with Gasteiger partial charge in [-0.15, -0.1) is 0 Å². The highest BCUT2D eigenvalue weighted by Gasteiger charge is 2.64. The van der Waals surface area contributed by atoms with Crippen LogP contribution in [0, 0.1) is 27.6 Å². The molecule has 0 bridgehead atoms. The van der Waals surface area contributed by atoms with Crippen LogP contribution in [-0.2, 0) is 0 Å². The molecule has 0 unspecified atom stereocenters. The van der Waals surface area contributed by atoms with Crippen LogP contribution in [0.4, 0.5) is 0 Å². The van der Waals surface area contributed by atoms with Gasteiger partial charge in [0.25, 0.3) is 0 Å². The Morgan fingerprint density at radius 2 is 1.67 bits per heavy atom. The lowest BCUT2D eigenvalue weighted by atomic mass is 9.50. The lowest BCUT2D eigenvalue weighted by molar-refractivity contribution is -0.0115. The first kappa shape index (κ1) is 8.10. The van der Waals surface area contributed by atoms with E-state index in [-0.39, 0.29) is 10.8 Å². The van der Waals surface area contributed by atoms with Crippen LogP contribution in [0.2, 0.25) is 0 Å². The molecule has 0 aliphatic heterocycles. The van der Waals surface area contributed by atoms with Crippen molar-refractivity contribution >= 4 is 0 Å². The van der Waals surface area contributed by atoms with Crippen molar-refractivity contribution in [2.45, 2.75) is 46.5 Å². The molecule has 1 nitrogen and oxygen atoms in total. The molecule has 2 aliphatic rings. The summed E-state index contributed by atoms with van der Waals surface area (Å²) in [5, 5.41) is 9.18. The zero-order valence-corrected chi connectivity index (χ0v) is 8.28. The Morgan fingerprint density at radius 1 is 1.17 bits per heavy atom. The lowest BCUT2D eigenvalue weighted by Crippen LogP contribution is -2.46. The number of hydrogen-bond donors (Lipinski definition) is 0. The maximum absolute atomic E-state index is 9.18. The minimum Gasteiger partial charge on any atom is -0.198 e. The van der Waals surface area contributed by atoms with Crippen molar-refractivity contribution in [1.29, 1.82) is 5.26 Å². The van der Waals surface area contributed by atoms with Crippen molar-refractivity contribution in [2.75, 3.05) is 0 Å². The minimum atomic E-state index is 0.00347. The first-order valence-corrected chi connectivity index (χ1v) is 4.84. The van der Waals surface area contributed by atoms with Gasteiger partial charge in [-0.3, -0.25) is 0 Å². The third kappa shape index (κ3) is 0.843. The van der Waals surface area contributed by atoms with Crippen LogP contribution in [-0.4, -0.2) is 0 Å². The molecule has 0 amide bonds. The second kappa shape index (κ2) is 1.87. The summed E-state index contributed by atoms with van der Waals surface area (Å²) in [6, 6.07) is 2.55. The van der Waals surface area contributed by atoms with E-state index in [1.807, 2.05) is 0 Å². The van der Waals surface area contributed by atoms with Gasteiger partial charge in [0.1, 0.15) is 0 Å². The Bertz CT molecular complexity index is 239. The van der Waals surface area contributed by atoms with Crippen molar-refractivity contribution in [3.05, 3.63) is 0 Å². The molecule has 66 valence electrons. The van der Waals surface area contributed by atoms with Crippen LogP contribution in [0.25, 0.3) is 0 Å². The van der Waals surface area contributed by atoms with Gasteiger partial charge in [0.05, 0.1) is 11.5 Å². The smallest absolute Gasteiger partial charge is 0.0695 e. The number of nitriles is 1. The van der Waals surface area contributed by atoms with Crippen LogP contribution in [0.15, 0.2) is 0 Å². The van der Waals surface area contributed by atoms with E-state index < -0.39 is 0 Å². The van der Waals surface area contributed by atoms with Gasteiger partial charge < -0.3 is 0 Å². The fourth-order valence-corrected chi connectivity index (χ4v) is 2.54. The van der Waals surface area contributed by atoms with E-state index in [0.29, 0.717) is 5.41 Å². The Labute approximate surface area is 74.8 Å². The maximum atomic E-state index is 9.18. The first-order chi connectivity index (χ1) is 5.43. The molecule has 2 saturated carbocycles. The Balaban J connectivity index is 2.15. The molecule has 2 fully saturated rings. The molecule has 0 heterocycles. The molecule has 0 saturated heterocycles. The highest BCUT2D eigenvalue weighted by molar-refractivity contribution is 5.22. The zero-order chi connectivity index (χ0) is 9.04. The molecule has 2 rings (SSSR count). The summed E-state index contributed by atoms with van der Waals surface area (Å²) in [6.45, 7) is 6.60. The Morgan fingerprint density at radius 3 is 1.92 bits per heavy atom. The van der Waals surface area contributed by atoms with E-state index in [1.54, 1.807) is 0 Å². The number of nitrogens with zero attached hydrogens (tertiary/aromatic N) is 1. The van der Waals surface area contributed by atoms with Gasteiger partial charge in [-0.25, -0.2) is 0 Å². The molecule has 0 N–H and O–H groups in total. The van der Waals surface area contributed by atoms with E-state index in [0.717, 1.165) is 0 Å². The van der Waals surface area contributed by atoms with Gasteiger partial charge in [0, 0.05) is 0 Å². The van der Waals surface area contributed by atoms with E-state index >= 15 is 0 Å². The molecule has 1 heteroatoms. The first-order valence-electron chi connectivity index (χ1n) is 4.84. The summed E-state index contributed by atoms with van der Waals surface area (Å²) in [5.74, 6) is 0. The Hall–Kier alpha value is -0.510. The molecule has 12 heavy (non-hydrogen) atoms. The van der Waals surface area contributed by atoms with Crippen LogP contribution in [0.3, 0.4) is 0 Å². The minimum absolute atomic E-state index is 0.00347. The summed E-state index contributed by atoms with van der Waals surface area (Å²) in [5.41, 5.74) is 0.822. The third-order valence-corrected chi connectivity index (χ3v) is 3.96. The second-order valence-electron chi connectivity index (χ2n) is 5.80. The molecule has 0 radical (unpaired) electrons. The van der Waals surface area contributed by atoms with Crippen LogP contribution < -0.4 is 0 Å². The molecule has 0 atom stereocenters. The SMILES string of the molecule is CC(C)(C)C1(C#N)CC2(CC2)C1. The third-order valence-electron chi connectivity index (χ3n) is 3.96. The van der Waals surface area contributed by atoms with E-state index in [2.05, 4.69) is 26.8 Å². The lowest BCUT2D eigenvalue weighted by Gasteiger charge is -2.51. The van der Waals surface area contributed by atoms with Crippen molar-refractivity contribution in [1.82, 2.24) is 0 Å². The van der Waals surface area contributed by atoms with E-state index in [1.165, 1.54) is 25.7 Å². The van der Waals surface area contributed by atoms with Crippen molar-refractivity contribution in [3.63, 3.8) is 0 Å². The summed E-state index contributed by atoms with van der Waals surface area (Å²) in [7, 11) is 0. The molecule has 0 aromatic rings. The summed E-state index contributed by atoms with van der Waals surface area (Å²) < 4.78 is 0. The standard InChI is InChI=1S/C11H17N/c1-9(2,3)11(8-12)6-10(7-11)4-5-10/h4-7H2,1-3H3. The fraction of sp³-hybridized carbons (Fsp3) is 0.909. The molecule has 0 aromatic heterocycles. The summed E-state index contributed by atoms with van der Waals surface area (Å²) in [6.07, 6.45) is 5.10. The highest BCUT2D eigenvalue weighted by Crippen LogP contribution is 2.72. The molecule has 1 spiro atoms. The largest absolute Gasteiger partial charge is 0.198 e. The number of rotatable bonds is 0. The van der Waals surface area contributed by atoms with Gasteiger partial charge >= 0.3 is 0 Å². The average molecular weight is 163 g/mol. The predicted octanol–water partition coefficient (Wildman–Crippen LogP) is 3.12. The van der Waals surface area contributed by atoms with E-state index in [4.69, 9.17) is 0 Å². The van der Waals surface area contributed by atoms with Crippen molar-refractivity contribution in [2.24, 2.45) is 16.2 Å². The van der Waals surface area contributed by atoms with Crippen LogP contribution >= 0.6 is 0 Å². The van der Waals surface area contributed by atoms with Gasteiger partial charge in [-0.2, -0.15) is 5.26 Å². The number of hydrogen-bond acceptors (Lipinski definition) is 1. The normalized spacial score (nSPS) is 29.2. The van der Waals surface area contributed by atoms with Gasteiger partial charge in [0.2, 0.25) is 0 Å². The molecule has 0 aromatic carbocycles. The monoisotopic (exact) mass is 163 g/mol. The zero-order valence-electron chi connectivity index (χ0n) is 8.28. The topological polar surface area (TPSA) is 23.8 Å². The van der Waals surface area contributed by atoms with Crippen molar-refractivity contribution in [3.8, 4) is 6.07 Å². The van der Waals surface area contributed by atoms with Gasteiger partial charge in [0.15, 0.2) is 0 Å². The maximum Gasteiger partial charge on any atom is 0.0695 e. The average Bonchev–Trinajstić information content (AvgIpc) is 2.58. The van der Waals surface area contributed by atoms with Crippen molar-refractivity contribution < 1.29 is 0 Å². The molecular weight excluding hydrogens is 146 g/mol. The predicted molar refractivity (Wildman–Crippen MR) is 48.4 cm³/mol.